The van der Waals surface area contributed by atoms with E-state index in [2.05, 4.69) is 0 Å². The van der Waals surface area contributed by atoms with Gasteiger partial charge in [-0.25, -0.2) is 0 Å². The molecule has 0 saturated carbocycles. The van der Waals surface area contributed by atoms with Gasteiger partial charge in [0, 0.05) is 29.7 Å². The van der Waals surface area contributed by atoms with Gasteiger partial charge in [-0.2, -0.15) is 0 Å². The first-order valence-electron chi connectivity index (χ1n) is 4.08. The minimum atomic E-state index is 0. The molecule has 0 radical (unpaired) electrons. The van der Waals surface area contributed by atoms with Crippen molar-refractivity contribution >= 4 is 29.1 Å². The predicted molar refractivity (Wildman–Crippen MR) is 61.2 cm³/mol. The molecule has 0 aliphatic carbocycles. The smallest absolute Gasteiger partial charge is 0.123 e. The van der Waals surface area contributed by atoms with Crippen LogP contribution in [0.5, 0.6) is 0 Å². The van der Waals surface area contributed by atoms with Gasteiger partial charge in [0.2, 0.25) is 0 Å². The normalized spacial score (nSPS) is 9.79. The number of hydrogen-bond donors (Lipinski definition) is 2. The highest BCUT2D eigenvalue weighted by Gasteiger charge is 2.04. The molecule has 0 atom stereocenters. The van der Waals surface area contributed by atoms with Gasteiger partial charge in [0.05, 0.1) is 0 Å². The van der Waals surface area contributed by atoms with Crippen LogP contribution >= 0.6 is 12.4 Å². The summed E-state index contributed by atoms with van der Waals surface area (Å²) in [5.74, 6) is 0.122. The number of halogens is 1. The van der Waals surface area contributed by atoms with E-state index in [4.69, 9.17) is 11.1 Å². The van der Waals surface area contributed by atoms with E-state index in [9.17, 15) is 0 Å². The monoisotopic (exact) mass is 209 g/mol. The number of nitrogen functional groups attached to an aromatic ring is 1. The topological polar surface area (TPSA) is 54.8 Å². The first kappa shape index (κ1) is 10.6. The van der Waals surface area contributed by atoms with E-state index in [1.54, 1.807) is 0 Å². The van der Waals surface area contributed by atoms with Crippen LogP contribution in [-0.4, -0.2) is 10.4 Å². The number of amidine groups is 1. The molecule has 1 aromatic carbocycles. The number of aromatic nitrogens is 1. The summed E-state index contributed by atoms with van der Waals surface area (Å²) in [6.45, 7) is 0. The fourth-order valence-electron chi connectivity index (χ4n) is 1.54. The summed E-state index contributed by atoms with van der Waals surface area (Å²) in [6, 6.07) is 7.78. The van der Waals surface area contributed by atoms with Crippen LogP contribution < -0.4 is 5.73 Å². The van der Waals surface area contributed by atoms with E-state index in [0.29, 0.717) is 0 Å². The second-order valence-corrected chi connectivity index (χ2v) is 3.08. The molecule has 0 saturated heterocycles. The SMILES string of the molecule is Cl.Cn1ccc2c(C(=N)N)cccc21. The van der Waals surface area contributed by atoms with E-state index < -0.39 is 0 Å². The van der Waals surface area contributed by atoms with Crippen molar-refractivity contribution in [3.05, 3.63) is 36.0 Å². The van der Waals surface area contributed by atoms with Gasteiger partial charge < -0.3 is 10.3 Å². The summed E-state index contributed by atoms with van der Waals surface area (Å²) < 4.78 is 2.02. The van der Waals surface area contributed by atoms with Gasteiger partial charge in [-0.1, -0.05) is 12.1 Å². The molecular weight excluding hydrogens is 198 g/mol. The Labute approximate surface area is 88.4 Å². The number of nitrogens with zero attached hydrogens (tertiary/aromatic N) is 1. The lowest BCUT2D eigenvalue weighted by Crippen LogP contribution is -2.11. The molecule has 1 aromatic heterocycles. The maximum atomic E-state index is 7.40. The Bertz CT molecular complexity index is 473. The summed E-state index contributed by atoms with van der Waals surface area (Å²) in [5.41, 5.74) is 7.37. The van der Waals surface area contributed by atoms with Crippen LogP contribution in [0.15, 0.2) is 30.5 Å². The Hall–Kier alpha value is -1.48. The number of hydrogen-bond acceptors (Lipinski definition) is 1. The number of rotatable bonds is 1. The zero-order valence-corrected chi connectivity index (χ0v) is 8.64. The van der Waals surface area contributed by atoms with E-state index in [1.165, 1.54) is 0 Å². The third-order valence-electron chi connectivity index (χ3n) is 2.22. The van der Waals surface area contributed by atoms with Crippen molar-refractivity contribution in [1.82, 2.24) is 4.57 Å². The highest BCUT2D eigenvalue weighted by Crippen LogP contribution is 2.18. The second kappa shape index (κ2) is 3.72. The molecule has 1 heterocycles. The Morgan fingerprint density at radius 3 is 2.71 bits per heavy atom. The third kappa shape index (κ3) is 1.46. The molecule has 14 heavy (non-hydrogen) atoms. The van der Waals surface area contributed by atoms with Crippen molar-refractivity contribution < 1.29 is 0 Å². The van der Waals surface area contributed by atoms with Crippen LogP contribution in [0.4, 0.5) is 0 Å². The lowest BCUT2D eigenvalue weighted by molar-refractivity contribution is 0.969. The summed E-state index contributed by atoms with van der Waals surface area (Å²) >= 11 is 0. The predicted octanol–water partition coefficient (Wildman–Crippen LogP) is 1.88. The van der Waals surface area contributed by atoms with E-state index in [0.717, 1.165) is 16.5 Å². The standard InChI is InChI=1S/C10H11N3.ClH/c1-13-6-5-7-8(10(11)12)3-2-4-9(7)13;/h2-6H,1H3,(H3,11,12);1H. The largest absolute Gasteiger partial charge is 0.384 e. The summed E-state index contributed by atoms with van der Waals surface area (Å²) in [5, 5.41) is 8.43. The van der Waals surface area contributed by atoms with Gasteiger partial charge in [-0.05, 0) is 12.1 Å². The van der Waals surface area contributed by atoms with Crippen LogP contribution in [-0.2, 0) is 7.05 Å². The lowest BCUT2D eigenvalue weighted by atomic mass is 10.1. The van der Waals surface area contributed by atoms with Crippen LogP contribution in [0.1, 0.15) is 5.56 Å². The average Bonchev–Trinajstić information content (AvgIpc) is 2.48. The van der Waals surface area contributed by atoms with Crippen LogP contribution in [0.2, 0.25) is 0 Å². The zero-order valence-electron chi connectivity index (χ0n) is 7.82. The van der Waals surface area contributed by atoms with Gasteiger partial charge in [0.1, 0.15) is 5.84 Å². The maximum Gasteiger partial charge on any atom is 0.123 e. The van der Waals surface area contributed by atoms with Gasteiger partial charge in [-0.15, -0.1) is 12.4 Å². The van der Waals surface area contributed by atoms with Crippen LogP contribution in [0, 0.1) is 5.41 Å². The Balaban J connectivity index is 0.000000980. The number of benzene rings is 1. The van der Waals surface area contributed by atoms with Gasteiger partial charge in [-0.3, -0.25) is 5.41 Å². The molecule has 0 amide bonds. The highest BCUT2D eigenvalue weighted by atomic mass is 35.5. The number of nitrogens with two attached hydrogens (primary N) is 1. The summed E-state index contributed by atoms with van der Waals surface area (Å²) in [4.78, 5) is 0. The fourth-order valence-corrected chi connectivity index (χ4v) is 1.54. The van der Waals surface area contributed by atoms with E-state index >= 15 is 0 Å². The third-order valence-corrected chi connectivity index (χ3v) is 2.22. The number of nitrogens with one attached hydrogen (secondary N) is 1. The molecule has 74 valence electrons. The Morgan fingerprint density at radius 2 is 2.07 bits per heavy atom. The summed E-state index contributed by atoms with van der Waals surface area (Å²) in [7, 11) is 1.98. The minimum Gasteiger partial charge on any atom is -0.384 e. The van der Waals surface area contributed by atoms with E-state index in [1.807, 2.05) is 42.1 Å². The van der Waals surface area contributed by atoms with Crippen LogP contribution in [0.25, 0.3) is 10.9 Å². The van der Waals surface area contributed by atoms with Crippen molar-refractivity contribution in [1.29, 1.82) is 5.41 Å². The lowest BCUT2D eigenvalue weighted by Gasteiger charge is -2.01. The van der Waals surface area contributed by atoms with E-state index in [-0.39, 0.29) is 18.2 Å². The molecule has 2 aromatic rings. The van der Waals surface area contributed by atoms with Crippen molar-refractivity contribution in [2.45, 2.75) is 0 Å². The first-order valence-corrected chi connectivity index (χ1v) is 4.08. The molecule has 3 N–H and O–H groups in total. The average molecular weight is 210 g/mol. The highest BCUT2D eigenvalue weighted by molar-refractivity contribution is 6.07. The Kier molecular flexibility index (Phi) is 2.81. The van der Waals surface area contributed by atoms with Crippen molar-refractivity contribution in [3.8, 4) is 0 Å². The molecule has 4 heteroatoms. The molecule has 0 aliphatic rings. The van der Waals surface area contributed by atoms with Crippen LogP contribution in [0.3, 0.4) is 0 Å². The van der Waals surface area contributed by atoms with Gasteiger partial charge in [0.15, 0.2) is 0 Å². The van der Waals surface area contributed by atoms with Crippen molar-refractivity contribution in [2.24, 2.45) is 12.8 Å². The first-order chi connectivity index (χ1) is 6.20. The molecule has 0 bridgehead atoms. The van der Waals surface area contributed by atoms with Gasteiger partial charge >= 0.3 is 0 Å². The number of fused-ring (bicyclic) bond motifs is 1. The van der Waals surface area contributed by atoms with Crippen molar-refractivity contribution in [2.75, 3.05) is 0 Å². The molecule has 0 unspecified atom stereocenters. The minimum absolute atomic E-state index is 0. The zero-order chi connectivity index (χ0) is 9.42. The molecule has 3 nitrogen and oxygen atoms in total. The molecule has 0 spiro atoms. The Morgan fingerprint density at radius 1 is 1.36 bits per heavy atom. The molecular formula is C10H12ClN3. The molecule has 0 fully saturated rings. The summed E-state index contributed by atoms with van der Waals surface area (Å²) in [6.07, 6.45) is 1.97. The fraction of sp³-hybridized carbons (Fsp3) is 0.100. The maximum absolute atomic E-state index is 7.40. The molecule has 0 aliphatic heterocycles. The van der Waals surface area contributed by atoms with Crippen molar-refractivity contribution in [3.63, 3.8) is 0 Å². The van der Waals surface area contributed by atoms with Gasteiger partial charge in [0.25, 0.3) is 0 Å². The quantitative estimate of drug-likeness (QED) is 0.547. The number of aryl methyl sites for hydroxylation is 1. The molecule has 2 rings (SSSR count). The second-order valence-electron chi connectivity index (χ2n) is 3.08.